The van der Waals surface area contributed by atoms with Gasteiger partial charge in [-0.25, -0.2) is 4.79 Å². The molecule has 0 radical (unpaired) electrons. The Morgan fingerprint density at radius 2 is 2.06 bits per heavy atom. The van der Waals surface area contributed by atoms with Gasteiger partial charge in [0, 0.05) is 7.05 Å². The summed E-state index contributed by atoms with van der Waals surface area (Å²) in [5.74, 6) is 0.530. The van der Waals surface area contributed by atoms with Gasteiger partial charge >= 0.3 is 5.97 Å². The monoisotopic (exact) mass is 268 g/mol. The molecule has 0 saturated heterocycles. The molecule has 5 heteroatoms. The molecule has 0 aliphatic heterocycles. The molecule has 1 aromatic rings. The van der Waals surface area contributed by atoms with Crippen LogP contribution in [0, 0.1) is 12.8 Å². The summed E-state index contributed by atoms with van der Waals surface area (Å²) in [6.07, 6.45) is 4.35. The van der Waals surface area contributed by atoms with E-state index in [-0.39, 0.29) is 12.1 Å². The fourth-order valence-corrected chi connectivity index (χ4v) is 3.07. The van der Waals surface area contributed by atoms with Gasteiger partial charge in [0.25, 0.3) is 0 Å². The molecule has 1 aliphatic carbocycles. The lowest BCUT2D eigenvalue weighted by atomic mass is 9.89. The van der Waals surface area contributed by atoms with Gasteiger partial charge in [0.05, 0.1) is 5.69 Å². The average molecular weight is 268 g/mol. The standard InChI is InChI=1S/C13H20N2O2S/c1-8-4-6-10(7-5-8)17-13(16)11-9(2)15-18-12(11)14-3/h8,10,14H,4-7H2,1-3H3. The molecule has 1 saturated carbocycles. The molecule has 1 N–H and O–H groups in total. The molecule has 2 rings (SSSR count). The molecular formula is C13H20N2O2S. The quantitative estimate of drug-likeness (QED) is 0.855. The molecule has 4 nitrogen and oxygen atoms in total. The van der Waals surface area contributed by atoms with E-state index in [2.05, 4.69) is 16.6 Å². The summed E-state index contributed by atoms with van der Waals surface area (Å²) in [6.45, 7) is 4.10. The Bertz CT molecular complexity index is 423. The van der Waals surface area contributed by atoms with Gasteiger partial charge in [0.1, 0.15) is 16.7 Å². The van der Waals surface area contributed by atoms with Crippen LogP contribution in [0.5, 0.6) is 0 Å². The Hall–Kier alpha value is -1.10. The van der Waals surface area contributed by atoms with Crippen molar-refractivity contribution in [2.24, 2.45) is 5.92 Å². The first-order valence-corrected chi connectivity index (χ1v) is 7.24. The molecule has 1 aliphatic rings. The minimum absolute atomic E-state index is 0.0812. The molecule has 1 aromatic heterocycles. The Labute approximate surface area is 112 Å². The fraction of sp³-hybridized carbons (Fsp3) is 0.692. The summed E-state index contributed by atoms with van der Waals surface area (Å²) in [7, 11) is 1.80. The molecule has 0 amide bonds. The van der Waals surface area contributed by atoms with Crippen LogP contribution in [0.15, 0.2) is 0 Å². The lowest BCUT2D eigenvalue weighted by molar-refractivity contribution is 0.0174. The van der Waals surface area contributed by atoms with E-state index in [4.69, 9.17) is 4.74 Å². The van der Waals surface area contributed by atoms with Crippen molar-refractivity contribution in [3.05, 3.63) is 11.3 Å². The van der Waals surface area contributed by atoms with Crippen LogP contribution in [0.25, 0.3) is 0 Å². The number of ether oxygens (including phenoxy) is 1. The molecule has 0 unspecified atom stereocenters. The maximum atomic E-state index is 12.2. The fourth-order valence-electron chi connectivity index (χ4n) is 2.34. The van der Waals surface area contributed by atoms with Crippen LogP contribution in [-0.2, 0) is 4.74 Å². The van der Waals surface area contributed by atoms with Gasteiger partial charge in [0.15, 0.2) is 0 Å². The third-order valence-corrected chi connectivity index (χ3v) is 4.49. The highest BCUT2D eigenvalue weighted by molar-refractivity contribution is 7.10. The number of nitrogens with one attached hydrogen (secondary N) is 1. The van der Waals surface area contributed by atoms with Crippen LogP contribution in [0.1, 0.15) is 48.7 Å². The minimum Gasteiger partial charge on any atom is -0.459 e. The molecule has 18 heavy (non-hydrogen) atoms. The molecule has 0 bridgehead atoms. The van der Waals surface area contributed by atoms with E-state index in [1.165, 1.54) is 11.5 Å². The van der Waals surface area contributed by atoms with Crippen molar-refractivity contribution in [2.45, 2.75) is 45.6 Å². The van der Waals surface area contributed by atoms with Crippen molar-refractivity contribution >= 4 is 22.5 Å². The van der Waals surface area contributed by atoms with Gasteiger partial charge in [0.2, 0.25) is 0 Å². The molecule has 1 heterocycles. The second kappa shape index (κ2) is 5.69. The van der Waals surface area contributed by atoms with E-state index in [9.17, 15) is 4.79 Å². The summed E-state index contributed by atoms with van der Waals surface area (Å²) in [6, 6.07) is 0. The van der Waals surface area contributed by atoms with Gasteiger partial charge in [-0.15, -0.1) is 0 Å². The Balaban J connectivity index is 2.01. The topological polar surface area (TPSA) is 51.2 Å². The van der Waals surface area contributed by atoms with E-state index < -0.39 is 0 Å². The summed E-state index contributed by atoms with van der Waals surface area (Å²) < 4.78 is 9.79. The second-order valence-electron chi connectivity index (χ2n) is 5.01. The summed E-state index contributed by atoms with van der Waals surface area (Å²) >= 11 is 1.30. The first-order valence-electron chi connectivity index (χ1n) is 6.46. The van der Waals surface area contributed by atoms with Crippen LogP contribution in [-0.4, -0.2) is 23.5 Å². The predicted octanol–water partition coefficient (Wildman–Crippen LogP) is 3.23. The van der Waals surface area contributed by atoms with Crippen LogP contribution in [0.2, 0.25) is 0 Å². The average Bonchev–Trinajstić information content (AvgIpc) is 2.73. The van der Waals surface area contributed by atoms with Crippen molar-refractivity contribution in [1.29, 1.82) is 0 Å². The number of hydrogen-bond acceptors (Lipinski definition) is 5. The number of rotatable bonds is 3. The van der Waals surface area contributed by atoms with E-state index >= 15 is 0 Å². The lowest BCUT2D eigenvalue weighted by Gasteiger charge is -2.26. The van der Waals surface area contributed by atoms with Crippen molar-refractivity contribution in [3.8, 4) is 0 Å². The third-order valence-electron chi connectivity index (χ3n) is 3.53. The smallest absolute Gasteiger partial charge is 0.343 e. The summed E-state index contributed by atoms with van der Waals surface area (Å²) in [5.41, 5.74) is 1.35. The number of carbonyl (C=O) groups excluding carboxylic acids is 1. The SMILES string of the molecule is CNc1snc(C)c1C(=O)OC1CCC(C)CC1. The second-order valence-corrected chi connectivity index (χ2v) is 5.78. The molecule has 1 fully saturated rings. The zero-order valence-corrected chi connectivity index (χ0v) is 12.0. The summed E-state index contributed by atoms with van der Waals surface area (Å²) in [4.78, 5) is 12.2. The van der Waals surface area contributed by atoms with Crippen molar-refractivity contribution in [3.63, 3.8) is 0 Å². The number of hydrogen-bond donors (Lipinski definition) is 1. The maximum absolute atomic E-state index is 12.2. The van der Waals surface area contributed by atoms with E-state index in [1.807, 2.05) is 6.92 Å². The number of esters is 1. The zero-order chi connectivity index (χ0) is 13.1. The third kappa shape index (κ3) is 2.83. The highest BCUT2D eigenvalue weighted by Crippen LogP contribution is 2.29. The number of aromatic nitrogens is 1. The van der Waals surface area contributed by atoms with E-state index in [0.717, 1.165) is 42.3 Å². The van der Waals surface area contributed by atoms with Crippen LogP contribution < -0.4 is 5.32 Å². The highest BCUT2D eigenvalue weighted by atomic mass is 32.1. The predicted molar refractivity (Wildman–Crippen MR) is 73.2 cm³/mol. The minimum atomic E-state index is -0.231. The zero-order valence-electron chi connectivity index (χ0n) is 11.2. The molecular weight excluding hydrogens is 248 g/mol. The van der Waals surface area contributed by atoms with Crippen LogP contribution in [0.3, 0.4) is 0 Å². The van der Waals surface area contributed by atoms with Crippen LogP contribution >= 0.6 is 11.5 Å². The Kier molecular flexibility index (Phi) is 4.22. The molecule has 0 atom stereocenters. The van der Waals surface area contributed by atoms with Gasteiger partial charge in [-0.05, 0) is 50.1 Å². The number of nitrogens with zero attached hydrogens (tertiary/aromatic N) is 1. The van der Waals surface area contributed by atoms with Crippen LogP contribution in [0.4, 0.5) is 5.00 Å². The molecule has 0 aromatic carbocycles. The molecule has 100 valence electrons. The Morgan fingerprint density at radius 3 is 2.67 bits per heavy atom. The van der Waals surface area contributed by atoms with Crippen molar-refractivity contribution in [2.75, 3.05) is 12.4 Å². The van der Waals surface area contributed by atoms with Gasteiger partial charge < -0.3 is 10.1 Å². The van der Waals surface area contributed by atoms with Crippen molar-refractivity contribution in [1.82, 2.24) is 4.37 Å². The number of anilines is 1. The normalized spacial score (nSPS) is 23.7. The Morgan fingerprint density at radius 1 is 1.39 bits per heavy atom. The number of carbonyl (C=O) groups is 1. The van der Waals surface area contributed by atoms with Gasteiger partial charge in [-0.2, -0.15) is 4.37 Å². The molecule has 0 spiro atoms. The largest absolute Gasteiger partial charge is 0.459 e. The van der Waals surface area contributed by atoms with E-state index in [1.54, 1.807) is 7.05 Å². The van der Waals surface area contributed by atoms with E-state index in [0.29, 0.717) is 5.56 Å². The van der Waals surface area contributed by atoms with Gasteiger partial charge in [-0.3, -0.25) is 0 Å². The van der Waals surface area contributed by atoms with Crippen molar-refractivity contribution < 1.29 is 9.53 Å². The first kappa shape index (κ1) is 13.3. The van der Waals surface area contributed by atoms with Gasteiger partial charge in [-0.1, -0.05) is 6.92 Å². The summed E-state index contributed by atoms with van der Waals surface area (Å²) in [5, 5.41) is 3.79. The number of aryl methyl sites for hydroxylation is 1. The maximum Gasteiger partial charge on any atom is 0.343 e. The highest BCUT2D eigenvalue weighted by Gasteiger charge is 2.25. The first-order chi connectivity index (χ1) is 8.61. The lowest BCUT2D eigenvalue weighted by Crippen LogP contribution is -2.24.